The van der Waals surface area contributed by atoms with E-state index in [1.165, 1.54) is 4.31 Å². The molecule has 3 heterocycles. The molecule has 2 aromatic carbocycles. The number of amides is 1. The lowest BCUT2D eigenvalue weighted by molar-refractivity contribution is 0.102. The summed E-state index contributed by atoms with van der Waals surface area (Å²) in [5.74, 6) is 0.762. The van der Waals surface area contributed by atoms with Gasteiger partial charge in [0.1, 0.15) is 5.01 Å². The van der Waals surface area contributed by atoms with Crippen LogP contribution in [0, 0.1) is 0 Å². The number of ether oxygens (including phenoxy) is 2. The van der Waals surface area contributed by atoms with Crippen molar-refractivity contribution in [2.24, 2.45) is 0 Å². The van der Waals surface area contributed by atoms with E-state index in [4.69, 9.17) is 9.47 Å². The topological polar surface area (TPSA) is 111 Å². The van der Waals surface area contributed by atoms with Crippen LogP contribution >= 0.6 is 11.3 Å². The molecule has 1 saturated heterocycles. The van der Waals surface area contributed by atoms with Crippen LogP contribution in [0.4, 0.5) is 5.69 Å². The number of sulfonamides is 1. The molecule has 9 nitrogen and oxygen atoms in total. The second kappa shape index (κ2) is 8.89. The van der Waals surface area contributed by atoms with E-state index in [1.807, 2.05) is 12.1 Å². The zero-order valence-electron chi connectivity index (χ0n) is 19.6. The Kier molecular flexibility index (Phi) is 6.02. The van der Waals surface area contributed by atoms with Gasteiger partial charge in [-0.05, 0) is 48.1 Å². The molecule has 3 aromatic rings. The second-order valence-corrected chi connectivity index (χ2v) is 12.4. The van der Waals surface area contributed by atoms with Crippen molar-refractivity contribution in [2.45, 2.75) is 50.0 Å². The first-order valence-electron chi connectivity index (χ1n) is 11.3. The number of aromatic nitrogens is 2. The van der Waals surface area contributed by atoms with E-state index in [1.54, 1.807) is 30.3 Å². The lowest BCUT2D eigenvalue weighted by atomic mass is 9.87. The minimum Gasteiger partial charge on any atom is -0.454 e. The van der Waals surface area contributed by atoms with E-state index in [9.17, 15) is 13.2 Å². The number of carbonyl (C=O) groups excluding carboxylic acids is 1. The van der Waals surface area contributed by atoms with E-state index in [0.29, 0.717) is 41.6 Å². The summed E-state index contributed by atoms with van der Waals surface area (Å²) >= 11 is 1.11. The quantitative estimate of drug-likeness (QED) is 0.539. The second-order valence-electron chi connectivity index (χ2n) is 9.52. The number of nitrogens with one attached hydrogen (secondary N) is 1. The molecule has 35 heavy (non-hydrogen) atoms. The Morgan fingerprint density at radius 1 is 1.09 bits per heavy atom. The Balaban J connectivity index is 1.33. The first-order valence-corrected chi connectivity index (χ1v) is 13.6. The van der Waals surface area contributed by atoms with E-state index in [2.05, 4.69) is 36.3 Å². The lowest BCUT2D eigenvalue weighted by Gasteiger charge is -2.23. The molecular formula is C24H26N4O5S2. The van der Waals surface area contributed by atoms with Gasteiger partial charge in [-0.25, -0.2) is 8.42 Å². The van der Waals surface area contributed by atoms with Crippen molar-refractivity contribution in [3.63, 3.8) is 0 Å². The normalized spacial score (nSPS) is 18.1. The average molecular weight is 515 g/mol. The van der Waals surface area contributed by atoms with Gasteiger partial charge in [0.05, 0.1) is 10.9 Å². The Morgan fingerprint density at radius 3 is 2.57 bits per heavy atom. The van der Waals surface area contributed by atoms with Gasteiger partial charge in [-0.3, -0.25) is 4.79 Å². The molecule has 0 aliphatic carbocycles. The van der Waals surface area contributed by atoms with E-state index in [0.717, 1.165) is 16.9 Å². The highest BCUT2D eigenvalue weighted by molar-refractivity contribution is 7.89. The van der Waals surface area contributed by atoms with Crippen molar-refractivity contribution in [1.29, 1.82) is 0 Å². The number of carbonyl (C=O) groups is 1. The fourth-order valence-corrected chi connectivity index (χ4v) is 6.77. The van der Waals surface area contributed by atoms with Crippen molar-refractivity contribution in [1.82, 2.24) is 14.5 Å². The van der Waals surface area contributed by atoms with Gasteiger partial charge in [-0.2, -0.15) is 4.31 Å². The van der Waals surface area contributed by atoms with Gasteiger partial charge in [0.25, 0.3) is 5.91 Å². The molecule has 11 heteroatoms. The number of rotatable bonds is 5. The van der Waals surface area contributed by atoms with E-state index >= 15 is 0 Å². The number of fused-ring (bicyclic) bond motifs is 1. The first-order chi connectivity index (χ1) is 16.6. The summed E-state index contributed by atoms with van der Waals surface area (Å²) in [6.45, 7) is 6.80. The smallest absolute Gasteiger partial charge is 0.286 e. The molecular weight excluding hydrogens is 488 g/mol. The molecule has 0 radical (unpaired) electrons. The Hall–Kier alpha value is -3.02. The number of hydrogen-bond donors (Lipinski definition) is 1. The molecule has 1 atom stereocenters. The third kappa shape index (κ3) is 4.63. The van der Waals surface area contributed by atoms with E-state index in [-0.39, 0.29) is 22.1 Å². The minimum atomic E-state index is -3.72. The summed E-state index contributed by atoms with van der Waals surface area (Å²) in [5, 5.41) is 11.7. The fourth-order valence-electron chi connectivity index (χ4n) is 4.16. The molecule has 5 rings (SSSR count). The summed E-state index contributed by atoms with van der Waals surface area (Å²) in [4.78, 5) is 13.0. The highest BCUT2D eigenvalue weighted by Gasteiger charge is 2.38. The third-order valence-electron chi connectivity index (χ3n) is 6.08. The van der Waals surface area contributed by atoms with Gasteiger partial charge in [0.15, 0.2) is 11.5 Å². The number of anilines is 1. The third-order valence-corrected chi connectivity index (χ3v) is 9.03. The predicted molar refractivity (Wildman–Crippen MR) is 131 cm³/mol. The zero-order valence-corrected chi connectivity index (χ0v) is 21.3. The summed E-state index contributed by atoms with van der Waals surface area (Å²) in [5.41, 5.74) is 1.54. The van der Waals surface area contributed by atoms with Crippen LogP contribution in [0.1, 0.15) is 60.0 Å². The minimum absolute atomic E-state index is 0.0669. The van der Waals surface area contributed by atoms with Crippen LogP contribution in [-0.4, -0.2) is 42.2 Å². The van der Waals surface area contributed by atoms with Crippen molar-refractivity contribution >= 4 is 33.0 Å². The van der Waals surface area contributed by atoms with Gasteiger partial charge in [0.2, 0.25) is 21.8 Å². The molecule has 0 unspecified atom stereocenters. The maximum absolute atomic E-state index is 13.4. The van der Waals surface area contributed by atoms with Crippen molar-refractivity contribution < 1.29 is 22.7 Å². The predicted octanol–water partition coefficient (Wildman–Crippen LogP) is 4.34. The molecule has 2 aliphatic rings. The molecule has 1 fully saturated rings. The van der Waals surface area contributed by atoms with Crippen LogP contribution in [0.2, 0.25) is 0 Å². The van der Waals surface area contributed by atoms with Crippen LogP contribution in [0.5, 0.6) is 11.5 Å². The van der Waals surface area contributed by atoms with Crippen LogP contribution < -0.4 is 14.8 Å². The van der Waals surface area contributed by atoms with Gasteiger partial charge < -0.3 is 14.8 Å². The maximum atomic E-state index is 13.4. The monoisotopic (exact) mass is 514 g/mol. The van der Waals surface area contributed by atoms with Gasteiger partial charge >= 0.3 is 0 Å². The van der Waals surface area contributed by atoms with E-state index < -0.39 is 22.0 Å². The van der Waals surface area contributed by atoms with Gasteiger partial charge in [-0.1, -0.05) is 44.2 Å². The van der Waals surface area contributed by atoms with Crippen LogP contribution in [0.15, 0.2) is 47.4 Å². The highest BCUT2D eigenvalue weighted by Crippen LogP contribution is 2.38. The van der Waals surface area contributed by atoms with Crippen molar-refractivity contribution in [3.8, 4) is 11.5 Å². The summed E-state index contributed by atoms with van der Waals surface area (Å²) in [6.07, 6.45) is 1.33. The molecule has 0 saturated carbocycles. The molecule has 0 spiro atoms. The lowest BCUT2D eigenvalue weighted by Crippen LogP contribution is -2.30. The molecule has 0 bridgehead atoms. The Labute approximate surface area is 208 Å². The molecule has 2 aliphatic heterocycles. The first kappa shape index (κ1) is 23.7. The molecule has 1 amide bonds. The number of hydrogen-bond acceptors (Lipinski definition) is 8. The maximum Gasteiger partial charge on any atom is 0.286 e. The number of benzene rings is 2. The molecule has 1 aromatic heterocycles. The standard InChI is InChI=1S/C24H26N4O5S2/c1-24(2,3)15-6-9-17(10-7-15)35(30,31)28-12-4-5-18(28)22-26-27-23(34-22)21(29)25-16-8-11-19-20(13-16)33-14-32-19/h6-11,13,18H,4-5,12,14H2,1-3H3,(H,25,29)/t18-/m0/s1. The summed E-state index contributed by atoms with van der Waals surface area (Å²) < 4.78 is 39.0. The van der Waals surface area contributed by atoms with Gasteiger partial charge in [0, 0.05) is 18.3 Å². The van der Waals surface area contributed by atoms with Gasteiger partial charge in [-0.15, -0.1) is 10.2 Å². The average Bonchev–Trinajstić information content (AvgIpc) is 3.58. The summed E-state index contributed by atoms with van der Waals surface area (Å²) in [6, 6.07) is 11.7. The largest absolute Gasteiger partial charge is 0.454 e. The van der Waals surface area contributed by atoms with Crippen molar-refractivity contribution in [3.05, 3.63) is 58.0 Å². The Morgan fingerprint density at radius 2 is 1.83 bits per heavy atom. The van der Waals surface area contributed by atoms with Crippen LogP contribution in [0.3, 0.4) is 0 Å². The SMILES string of the molecule is CC(C)(C)c1ccc(S(=O)(=O)N2CCC[C@H]2c2nnc(C(=O)Nc3ccc4c(c3)OCO4)s2)cc1. The Bertz CT molecular complexity index is 1360. The van der Waals surface area contributed by atoms with Crippen molar-refractivity contribution in [2.75, 3.05) is 18.7 Å². The molecule has 1 N–H and O–H groups in total. The highest BCUT2D eigenvalue weighted by atomic mass is 32.2. The zero-order chi connectivity index (χ0) is 24.8. The number of nitrogens with zero attached hydrogens (tertiary/aromatic N) is 3. The fraction of sp³-hybridized carbons (Fsp3) is 0.375. The summed E-state index contributed by atoms with van der Waals surface area (Å²) in [7, 11) is -3.72. The van der Waals surface area contributed by atoms with Crippen LogP contribution in [-0.2, 0) is 15.4 Å². The van der Waals surface area contributed by atoms with Crippen LogP contribution in [0.25, 0.3) is 0 Å². The molecule has 184 valence electrons.